The Kier molecular flexibility index (Phi) is 5.52. The molecule has 0 aliphatic heterocycles. The van der Waals surface area contributed by atoms with Crippen molar-refractivity contribution in [1.29, 1.82) is 0 Å². The van der Waals surface area contributed by atoms with E-state index in [2.05, 4.69) is 17.6 Å². The number of carbonyl (C=O) groups is 1. The first-order valence-corrected chi connectivity index (χ1v) is 10.9. The molecule has 162 valence electrons. The predicted molar refractivity (Wildman–Crippen MR) is 126 cm³/mol. The second kappa shape index (κ2) is 8.14. The molecule has 0 spiro atoms. The summed E-state index contributed by atoms with van der Waals surface area (Å²) < 4.78 is 14.8. The SMILES string of the molecule is CCN(C)C(=O)c1c(-c2ccc(C)cc2)oc2c1cc(OC(C)C)c1c2ccn1CC. The van der Waals surface area contributed by atoms with Crippen LogP contribution in [0.25, 0.3) is 33.2 Å². The van der Waals surface area contributed by atoms with Crippen LogP contribution in [0.2, 0.25) is 0 Å². The highest BCUT2D eigenvalue weighted by atomic mass is 16.5. The number of ether oxygens (including phenoxy) is 1. The molecule has 0 aliphatic carbocycles. The van der Waals surface area contributed by atoms with Crippen molar-refractivity contribution >= 4 is 27.8 Å². The van der Waals surface area contributed by atoms with Gasteiger partial charge in [-0.2, -0.15) is 0 Å². The van der Waals surface area contributed by atoms with E-state index in [0.717, 1.165) is 45.3 Å². The Morgan fingerprint density at radius 3 is 2.45 bits per heavy atom. The molecule has 5 heteroatoms. The smallest absolute Gasteiger partial charge is 0.258 e. The predicted octanol–water partition coefficient (Wildman–Crippen LogP) is 6.26. The van der Waals surface area contributed by atoms with E-state index in [9.17, 15) is 4.79 Å². The fourth-order valence-electron chi connectivity index (χ4n) is 3.97. The third kappa shape index (κ3) is 3.58. The average molecular weight is 419 g/mol. The van der Waals surface area contributed by atoms with Gasteiger partial charge in [0.1, 0.15) is 17.1 Å². The zero-order chi connectivity index (χ0) is 22.3. The molecule has 0 atom stereocenters. The van der Waals surface area contributed by atoms with Gasteiger partial charge in [-0.1, -0.05) is 29.8 Å². The Bertz CT molecular complexity index is 1250. The van der Waals surface area contributed by atoms with Gasteiger partial charge < -0.3 is 18.6 Å². The Hall–Kier alpha value is -3.21. The molecule has 2 aromatic heterocycles. The molecule has 2 heterocycles. The molecule has 0 bridgehead atoms. The van der Waals surface area contributed by atoms with Crippen LogP contribution in [-0.2, 0) is 6.54 Å². The van der Waals surface area contributed by atoms with Crippen LogP contribution < -0.4 is 4.74 Å². The Balaban J connectivity index is 2.10. The number of aryl methyl sites for hydroxylation is 2. The zero-order valence-electron chi connectivity index (χ0n) is 19.2. The van der Waals surface area contributed by atoms with Crippen LogP contribution in [0, 0.1) is 6.92 Å². The van der Waals surface area contributed by atoms with E-state index in [0.29, 0.717) is 17.9 Å². The number of amides is 1. The number of aromatic nitrogens is 1. The van der Waals surface area contributed by atoms with Gasteiger partial charge in [0.05, 0.1) is 17.2 Å². The van der Waals surface area contributed by atoms with Crippen LogP contribution >= 0.6 is 0 Å². The van der Waals surface area contributed by atoms with E-state index in [-0.39, 0.29) is 12.0 Å². The van der Waals surface area contributed by atoms with Crippen LogP contribution in [0.4, 0.5) is 0 Å². The van der Waals surface area contributed by atoms with Gasteiger partial charge >= 0.3 is 0 Å². The van der Waals surface area contributed by atoms with Gasteiger partial charge in [0, 0.05) is 42.7 Å². The topological polar surface area (TPSA) is 47.6 Å². The first kappa shape index (κ1) is 21.0. The molecule has 0 N–H and O–H groups in total. The molecular weight excluding hydrogens is 388 g/mol. The minimum absolute atomic E-state index is 0.0155. The first-order valence-electron chi connectivity index (χ1n) is 10.9. The van der Waals surface area contributed by atoms with E-state index >= 15 is 0 Å². The molecule has 0 radical (unpaired) electrons. The van der Waals surface area contributed by atoms with E-state index in [1.807, 2.05) is 71.3 Å². The molecule has 4 rings (SSSR count). The second-order valence-electron chi connectivity index (χ2n) is 8.27. The van der Waals surface area contributed by atoms with Gasteiger partial charge in [-0.3, -0.25) is 4.79 Å². The Morgan fingerprint density at radius 2 is 1.84 bits per heavy atom. The summed E-state index contributed by atoms with van der Waals surface area (Å²) >= 11 is 0. The van der Waals surface area contributed by atoms with Gasteiger partial charge in [0.25, 0.3) is 5.91 Å². The fraction of sp³-hybridized carbons (Fsp3) is 0.346. The minimum atomic E-state index is -0.0541. The molecule has 0 saturated heterocycles. The quantitative estimate of drug-likeness (QED) is 0.371. The van der Waals surface area contributed by atoms with Crippen molar-refractivity contribution in [2.45, 2.75) is 47.3 Å². The van der Waals surface area contributed by atoms with Crippen LogP contribution in [0.3, 0.4) is 0 Å². The number of fused-ring (bicyclic) bond motifs is 3. The lowest BCUT2D eigenvalue weighted by molar-refractivity contribution is 0.0804. The van der Waals surface area contributed by atoms with Crippen LogP contribution in [-0.4, -0.2) is 35.1 Å². The number of nitrogens with zero attached hydrogens (tertiary/aromatic N) is 2. The largest absolute Gasteiger partial charge is 0.489 e. The van der Waals surface area contributed by atoms with Gasteiger partial charge in [-0.05, 0) is 46.8 Å². The van der Waals surface area contributed by atoms with Crippen LogP contribution in [0.1, 0.15) is 43.6 Å². The number of furan rings is 1. The van der Waals surface area contributed by atoms with Gasteiger partial charge in [0.2, 0.25) is 0 Å². The standard InChI is InChI=1S/C26H30N2O3/c1-7-27(6)26(29)22-20-15-21(30-16(3)4)23-19(13-14-28(23)8-2)25(20)31-24(22)18-11-9-17(5)10-12-18/h9-16H,7-8H2,1-6H3. The summed E-state index contributed by atoms with van der Waals surface area (Å²) in [6, 6.07) is 12.1. The molecule has 0 aliphatic rings. The first-order chi connectivity index (χ1) is 14.8. The molecule has 0 saturated carbocycles. The maximum Gasteiger partial charge on any atom is 0.258 e. The summed E-state index contributed by atoms with van der Waals surface area (Å²) in [5, 5.41) is 1.75. The van der Waals surface area contributed by atoms with Gasteiger partial charge in [-0.15, -0.1) is 0 Å². The van der Waals surface area contributed by atoms with Crippen molar-refractivity contribution in [2.24, 2.45) is 0 Å². The lowest BCUT2D eigenvalue weighted by atomic mass is 10.0. The van der Waals surface area contributed by atoms with E-state index in [4.69, 9.17) is 9.15 Å². The highest BCUT2D eigenvalue weighted by molar-refractivity contribution is 6.17. The lowest BCUT2D eigenvalue weighted by Crippen LogP contribution is -2.26. The van der Waals surface area contributed by atoms with E-state index in [1.54, 1.807) is 4.90 Å². The summed E-state index contributed by atoms with van der Waals surface area (Å²) in [5.74, 6) is 1.32. The molecular formula is C26H30N2O3. The van der Waals surface area contributed by atoms with E-state index in [1.165, 1.54) is 0 Å². The van der Waals surface area contributed by atoms with Crippen molar-refractivity contribution < 1.29 is 13.9 Å². The molecule has 2 aromatic carbocycles. The van der Waals surface area contributed by atoms with Crippen molar-refractivity contribution in [3.05, 3.63) is 53.7 Å². The van der Waals surface area contributed by atoms with Crippen molar-refractivity contribution in [3.63, 3.8) is 0 Å². The number of hydrogen-bond acceptors (Lipinski definition) is 3. The van der Waals surface area contributed by atoms with Crippen LogP contribution in [0.15, 0.2) is 47.0 Å². The van der Waals surface area contributed by atoms with Crippen molar-refractivity contribution in [2.75, 3.05) is 13.6 Å². The molecule has 31 heavy (non-hydrogen) atoms. The maximum atomic E-state index is 13.5. The summed E-state index contributed by atoms with van der Waals surface area (Å²) in [5.41, 5.74) is 4.36. The molecule has 0 unspecified atom stereocenters. The third-order valence-electron chi connectivity index (χ3n) is 5.71. The van der Waals surface area contributed by atoms with Gasteiger partial charge in [0.15, 0.2) is 0 Å². The van der Waals surface area contributed by atoms with Crippen LogP contribution in [0.5, 0.6) is 5.75 Å². The van der Waals surface area contributed by atoms with E-state index < -0.39 is 0 Å². The highest BCUT2D eigenvalue weighted by Gasteiger charge is 2.27. The summed E-state index contributed by atoms with van der Waals surface area (Å²) in [6.07, 6.45) is 2.06. The number of hydrogen-bond donors (Lipinski definition) is 0. The Labute approximate surface area is 183 Å². The average Bonchev–Trinajstić information content (AvgIpc) is 3.34. The summed E-state index contributed by atoms with van der Waals surface area (Å²) in [4.78, 5) is 15.2. The Morgan fingerprint density at radius 1 is 1.13 bits per heavy atom. The summed E-state index contributed by atoms with van der Waals surface area (Å²) in [6.45, 7) is 11.6. The molecule has 5 nitrogen and oxygen atoms in total. The maximum absolute atomic E-state index is 13.5. The minimum Gasteiger partial charge on any atom is -0.489 e. The molecule has 4 aromatic rings. The van der Waals surface area contributed by atoms with Gasteiger partial charge in [-0.25, -0.2) is 0 Å². The number of carbonyl (C=O) groups excluding carboxylic acids is 1. The number of benzene rings is 2. The molecule has 1 amide bonds. The second-order valence-corrected chi connectivity index (χ2v) is 8.27. The fourth-order valence-corrected chi connectivity index (χ4v) is 3.97. The van der Waals surface area contributed by atoms with Crippen molar-refractivity contribution in [1.82, 2.24) is 9.47 Å². The summed E-state index contributed by atoms with van der Waals surface area (Å²) in [7, 11) is 1.82. The third-order valence-corrected chi connectivity index (χ3v) is 5.71. The lowest BCUT2D eigenvalue weighted by Gasteiger charge is -2.16. The highest BCUT2D eigenvalue weighted by Crippen LogP contribution is 2.42. The zero-order valence-corrected chi connectivity index (χ0v) is 19.2. The number of rotatable bonds is 6. The monoisotopic (exact) mass is 418 g/mol. The van der Waals surface area contributed by atoms with Crippen molar-refractivity contribution in [3.8, 4) is 17.1 Å². The molecule has 0 fully saturated rings. The normalized spacial score (nSPS) is 11.6.